The Morgan fingerprint density at radius 1 is 1.38 bits per heavy atom. The second kappa shape index (κ2) is 3.30. The van der Waals surface area contributed by atoms with Crippen LogP contribution in [0.2, 0.25) is 0 Å². The molecular weight excluding hydrogens is 205 g/mol. The molecule has 1 aliphatic heterocycles. The fraction of sp³-hybridized carbons (Fsp3) is 0.462. The summed E-state index contributed by atoms with van der Waals surface area (Å²) in [6, 6.07) is 5.01. The van der Waals surface area contributed by atoms with Crippen LogP contribution < -0.4 is 5.32 Å². The number of carbonyl (C=O) groups excluding carboxylic acids is 1. The molecule has 16 heavy (non-hydrogen) atoms. The normalized spacial score (nSPS) is 27.9. The molecule has 1 aromatic carbocycles. The third-order valence-electron chi connectivity index (χ3n) is 3.87. The van der Waals surface area contributed by atoms with Gasteiger partial charge in [0.1, 0.15) is 5.82 Å². The number of aryl methyl sites for hydroxylation is 1. The fourth-order valence-electron chi connectivity index (χ4n) is 3.08. The summed E-state index contributed by atoms with van der Waals surface area (Å²) in [7, 11) is 0. The van der Waals surface area contributed by atoms with Crippen molar-refractivity contribution in [3.8, 4) is 0 Å². The minimum Gasteiger partial charge on any atom is -0.355 e. The van der Waals surface area contributed by atoms with Crippen LogP contribution in [0.4, 0.5) is 4.39 Å². The van der Waals surface area contributed by atoms with Crippen LogP contribution in [0.25, 0.3) is 0 Å². The number of nitrogens with one attached hydrogen (secondary N) is 1. The van der Waals surface area contributed by atoms with Gasteiger partial charge < -0.3 is 5.32 Å². The Morgan fingerprint density at radius 2 is 2.25 bits per heavy atom. The third kappa shape index (κ3) is 1.34. The van der Waals surface area contributed by atoms with E-state index in [0.717, 1.165) is 24.8 Å². The molecule has 0 bridgehead atoms. The van der Waals surface area contributed by atoms with Crippen molar-refractivity contribution in [1.29, 1.82) is 0 Å². The van der Waals surface area contributed by atoms with Crippen molar-refractivity contribution in [3.05, 3.63) is 35.1 Å². The van der Waals surface area contributed by atoms with Gasteiger partial charge in [0.15, 0.2) is 0 Å². The molecule has 2 nitrogen and oxygen atoms in total. The standard InChI is InChI=1S/C13H14FNO/c14-10-4-3-9-2-1-5-13(11(9)6-10)7-12(16)15-8-13/h3-4,6H,1-2,5,7-8H2,(H,15,16). The summed E-state index contributed by atoms with van der Waals surface area (Å²) in [6.45, 7) is 0.669. The topological polar surface area (TPSA) is 29.1 Å². The monoisotopic (exact) mass is 219 g/mol. The number of amides is 1. The van der Waals surface area contributed by atoms with Crippen LogP contribution in [0, 0.1) is 5.82 Å². The molecule has 1 aliphatic carbocycles. The van der Waals surface area contributed by atoms with E-state index in [4.69, 9.17) is 0 Å². The quantitative estimate of drug-likeness (QED) is 0.709. The van der Waals surface area contributed by atoms with E-state index in [2.05, 4.69) is 5.32 Å². The number of carbonyl (C=O) groups is 1. The Bertz CT molecular complexity index is 457. The molecule has 84 valence electrons. The molecule has 0 radical (unpaired) electrons. The zero-order valence-electron chi connectivity index (χ0n) is 9.05. The molecule has 1 unspecified atom stereocenters. The van der Waals surface area contributed by atoms with Crippen LogP contribution in [-0.2, 0) is 16.6 Å². The number of hydrogen-bond donors (Lipinski definition) is 1. The second-order valence-electron chi connectivity index (χ2n) is 4.89. The van der Waals surface area contributed by atoms with Crippen molar-refractivity contribution < 1.29 is 9.18 Å². The predicted molar refractivity (Wildman–Crippen MR) is 58.6 cm³/mol. The fourth-order valence-corrected chi connectivity index (χ4v) is 3.08. The maximum Gasteiger partial charge on any atom is 0.220 e. The molecule has 2 aliphatic rings. The van der Waals surface area contributed by atoms with Crippen LogP contribution in [0.1, 0.15) is 30.4 Å². The van der Waals surface area contributed by atoms with Crippen molar-refractivity contribution in [2.45, 2.75) is 31.1 Å². The summed E-state index contributed by atoms with van der Waals surface area (Å²) in [4.78, 5) is 11.4. The van der Waals surface area contributed by atoms with Gasteiger partial charge in [0.05, 0.1) is 0 Å². The third-order valence-corrected chi connectivity index (χ3v) is 3.87. The van der Waals surface area contributed by atoms with E-state index in [1.165, 1.54) is 11.6 Å². The smallest absolute Gasteiger partial charge is 0.220 e. The van der Waals surface area contributed by atoms with Gasteiger partial charge in [-0.3, -0.25) is 4.79 Å². The average Bonchev–Trinajstić information content (AvgIpc) is 2.63. The highest BCUT2D eigenvalue weighted by atomic mass is 19.1. The molecular formula is C13H14FNO. The summed E-state index contributed by atoms with van der Waals surface area (Å²) in [6.07, 6.45) is 3.60. The van der Waals surface area contributed by atoms with Gasteiger partial charge in [-0.2, -0.15) is 0 Å². The average molecular weight is 219 g/mol. The molecule has 1 aromatic rings. The Hall–Kier alpha value is -1.38. The van der Waals surface area contributed by atoms with Crippen LogP contribution in [0.3, 0.4) is 0 Å². The zero-order chi connectivity index (χ0) is 11.2. The van der Waals surface area contributed by atoms with Crippen LogP contribution in [-0.4, -0.2) is 12.5 Å². The Balaban J connectivity index is 2.11. The lowest BCUT2D eigenvalue weighted by Gasteiger charge is -2.34. The first-order chi connectivity index (χ1) is 7.70. The number of hydrogen-bond acceptors (Lipinski definition) is 1. The highest BCUT2D eigenvalue weighted by Gasteiger charge is 2.42. The molecule has 0 aromatic heterocycles. The van der Waals surface area contributed by atoms with Gasteiger partial charge in [-0.15, -0.1) is 0 Å². The lowest BCUT2D eigenvalue weighted by atomic mass is 9.69. The molecule has 1 heterocycles. The molecule has 1 atom stereocenters. The first-order valence-electron chi connectivity index (χ1n) is 5.75. The maximum atomic E-state index is 13.3. The van der Waals surface area contributed by atoms with E-state index in [0.29, 0.717) is 13.0 Å². The summed E-state index contributed by atoms with van der Waals surface area (Å²) in [5.74, 6) is -0.100. The first-order valence-corrected chi connectivity index (χ1v) is 5.75. The first kappa shape index (κ1) is 9.82. The molecule has 1 N–H and O–H groups in total. The van der Waals surface area contributed by atoms with Crippen LogP contribution >= 0.6 is 0 Å². The predicted octanol–water partition coefficient (Wildman–Crippen LogP) is 1.92. The van der Waals surface area contributed by atoms with Crippen molar-refractivity contribution in [2.24, 2.45) is 0 Å². The van der Waals surface area contributed by atoms with Crippen LogP contribution in [0.5, 0.6) is 0 Å². The lowest BCUT2D eigenvalue weighted by molar-refractivity contribution is -0.119. The summed E-state index contributed by atoms with van der Waals surface area (Å²) < 4.78 is 13.3. The summed E-state index contributed by atoms with van der Waals surface area (Å²) in [5.41, 5.74) is 2.13. The van der Waals surface area contributed by atoms with Gasteiger partial charge in [-0.1, -0.05) is 6.07 Å². The Labute approximate surface area is 93.9 Å². The van der Waals surface area contributed by atoms with Crippen molar-refractivity contribution in [3.63, 3.8) is 0 Å². The molecule has 0 saturated carbocycles. The number of halogens is 1. The molecule has 1 spiro atoms. The van der Waals surface area contributed by atoms with E-state index in [1.807, 2.05) is 6.07 Å². The minimum atomic E-state index is -0.195. The van der Waals surface area contributed by atoms with E-state index in [-0.39, 0.29) is 17.1 Å². The minimum absolute atomic E-state index is 0.0945. The highest BCUT2D eigenvalue weighted by Crippen LogP contribution is 2.42. The lowest BCUT2D eigenvalue weighted by Crippen LogP contribution is -2.33. The van der Waals surface area contributed by atoms with Gasteiger partial charge in [0, 0.05) is 18.4 Å². The van der Waals surface area contributed by atoms with Gasteiger partial charge in [0.2, 0.25) is 5.91 Å². The Kier molecular flexibility index (Phi) is 2.03. The molecule has 1 amide bonds. The van der Waals surface area contributed by atoms with Gasteiger partial charge in [-0.25, -0.2) is 4.39 Å². The van der Waals surface area contributed by atoms with E-state index < -0.39 is 0 Å². The molecule has 3 rings (SSSR count). The molecule has 1 saturated heterocycles. The van der Waals surface area contributed by atoms with Crippen molar-refractivity contribution in [2.75, 3.05) is 6.54 Å². The van der Waals surface area contributed by atoms with Gasteiger partial charge >= 0.3 is 0 Å². The van der Waals surface area contributed by atoms with E-state index >= 15 is 0 Å². The largest absolute Gasteiger partial charge is 0.355 e. The maximum absolute atomic E-state index is 13.3. The number of benzene rings is 1. The van der Waals surface area contributed by atoms with E-state index in [9.17, 15) is 9.18 Å². The molecule has 3 heteroatoms. The van der Waals surface area contributed by atoms with E-state index in [1.54, 1.807) is 6.07 Å². The zero-order valence-corrected chi connectivity index (χ0v) is 9.05. The SMILES string of the molecule is O=C1CC2(CCCc3ccc(F)cc32)CN1. The second-order valence-corrected chi connectivity index (χ2v) is 4.89. The number of fused-ring (bicyclic) bond motifs is 2. The summed E-state index contributed by atoms with van der Waals surface area (Å²) >= 11 is 0. The van der Waals surface area contributed by atoms with Crippen molar-refractivity contribution in [1.82, 2.24) is 5.32 Å². The highest BCUT2D eigenvalue weighted by molar-refractivity contribution is 5.81. The van der Waals surface area contributed by atoms with Gasteiger partial charge in [-0.05, 0) is 42.5 Å². The number of rotatable bonds is 0. The Morgan fingerprint density at radius 3 is 3.00 bits per heavy atom. The van der Waals surface area contributed by atoms with Crippen LogP contribution in [0.15, 0.2) is 18.2 Å². The molecule has 1 fully saturated rings. The summed E-state index contributed by atoms with van der Waals surface area (Å²) in [5, 5.41) is 2.88. The van der Waals surface area contributed by atoms with Gasteiger partial charge in [0.25, 0.3) is 0 Å². The van der Waals surface area contributed by atoms with Crippen molar-refractivity contribution >= 4 is 5.91 Å².